The zero-order valence-corrected chi connectivity index (χ0v) is 6.93. The Morgan fingerprint density at radius 2 is 1.90 bits per heavy atom. The average molecular weight is 244 g/mol. The van der Waals surface area contributed by atoms with E-state index in [0.717, 1.165) is 19.6 Å². The van der Waals surface area contributed by atoms with Crippen LogP contribution in [0, 0.1) is 5.92 Å². The summed E-state index contributed by atoms with van der Waals surface area (Å²) >= 11 is 2.09. The Morgan fingerprint density at radius 1 is 1.20 bits per heavy atom. The van der Waals surface area contributed by atoms with Gasteiger partial charge < -0.3 is 0 Å². The van der Waals surface area contributed by atoms with Gasteiger partial charge in [0.2, 0.25) is 0 Å². The van der Waals surface area contributed by atoms with Crippen LogP contribution in [-0.4, -0.2) is 5.78 Å². The molecule has 10 heavy (non-hydrogen) atoms. The third-order valence-electron chi connectivity index (χ3n) is 2.14. The van der Waals surface area contributed by atoms with E-state index in [4.69, 9.17) is 0 Å². The minimum atomic E-state index is 0.0447. The molecule has 1 aromatic rings. The van der Waals surface area contributed by atoms with Gasteiger partial charge in [0.05, 0.1) is 5.92 Å². The van der Waals surface area contributed by atoms with E-state index < -0.39 is 0 Å². The topological polar surface area (TPSA) is 34.1 Å². The van der Waals surface area contributed by atoms with Crippen LogP contribution in [-0.2, 0) is 4.79 Å². The zero-order chi connectivity index (χ0) is 7.04. The highest BCUT2D eigenvalue weighted by Gasteiger charge is 2.52. The van der Waals surface area contributed by atoms with Crippen molar-refractivity contribution >= 4 is 37.5 Å². The van der Waals surface area contributed by atoms with E-state index >= 15 is 0 Å². The van der Waals surface area contributed by atoms with Crippen molar-refractivity contribution in [1.29, 1.82) is 0 Å². The first kappa shape index (κ1) is 5.23. The summed E-state index contributed by atoms with van der Waals surface area (Å²) in [5.74, 6) is 0.220. The largest absolute Gasteiger partial charge is 0.293 e. The predicted octanol–water partition coefficient (Wildman–Crippen LogP) is -1.17. The number of ketones is 1. The number of carbonyl (C=O) groups excluding carboxylic acids is 1. The molecule has 0 bridgehead atoms. The molecule has 0 aromatic heterocycles. The summed E-state index contributed by atoms with van der Waals surface area (Å²) in [7, 11) is 0. The number of rotatable bonds is 0. The fourth-order valence-electron chi connectivity index (χ4n) is 1.51. The first-order chi connectivity index (χ1) is 4.73. The number of fused-ring (bicyclic) bond motifs is 2. The highest BCUT2D eigenvalue weighted by atomic mass is 127. The van der Waals surface area contributed by atoms with Gasteiger partial charge in [-0.3, -0.25) is 9.59 Å². The SMILES string of the molecule is O=C1C2=c3c(=O)c3=C(I)C12. The van der Waals surface area contributed by atoms with Crippen LogP contribution >= 0.6 is 22.6 Å². The fraction of sp³-hybridized carbons (Fsp3) is 0.143. The van der Waals surface area contributed by atoms with Crippen molar-refractivity contribution in [3.05, 3.63) is 20.7 Å². The summed E-state index contributed by atoms with van der Waals surface area (Å²) < 4.78 is 0.970. The predicted molar refractivity (Wildman–Crippen MR) is 43.7 cm³/mol. The Labute approximate surface area is 69.1 Å². The lowest BCUT2D eigenvalue weighted by Crippen LogP contribution is -1.99. The standard InChI is InChI=1S/C7HIO2/c8-5-3-1(6(3)9)2-4(5)7(2)10/h3H. The van der Waals surface area contributed by atoms with Crippen molar-refractivity contribution in [2.45, 2.75) is 0 Å². The minimum Gasteiger partial charge on any atom is -0.293 e. The molecule has 2 nitrogen and oxygen atoms in total. The van der Waals surface area contributed by atoms with E-state index in [1.807, 2.05) is 0 Å². The number of halogens is 1. The van der Waals surface area contributed by atoms with Crippen LogP contribution in [0.1, 0.15) is 0 Å². The molecular weight excluding hydrogens is 243 g/mol. The molecule has 3 rings (SSSR count). The first-order valence-electron chi connectivity index (χ1n) is 2.96. The van der Waals surface area contributed by atoms with Gasteiger partial charge in [-0.25, -0.2) is 0 Å². The lowest BCUT2D eigenvalue weighted by Gasteiger charge is -1.79. The summed E-state index contributed by atoms with van der Waals surface area (Å²) in [6, 6.07) is 0. The lowest BCUT2D eigenvalue weighted by molar-refractivity contribution is -0.109. The van der Waals surface area contributed by atoms with Gasteiger partial charge in [-0.05, 0) is 22.6 Å². The second-order valence-corrected chi connectivity index (χ2v) is 3.80. The Morgan fingerprint density at radius 3 is 2.40 bits per heavy atom. The molecule has 0 heterocycles. The van der Waals surface area contributed by atoms with Crippen molar-refractivity contribution in [3.63, 3.8) is 0 Å². The van der Waals surface area contributed by atoms with Gasteiger partial charge in [0.15, 0.2) is 11.2 Å². The molecule has 0 aliphatic heterocycles. The fourth-order valence-corrected chi connectivity index (χ4v) is 2.62. The molecule has 2 aliphatic carbocycles. The highest BCUT2D eigenvalue weighted by molar-refractivity contribution is 14.1. The minimum absolute atomic E-state index is 0.0447. The Bertz CT molecular complexity index is 499. The van der Waals surface area contributed by atoms with E-state index in [-0.39, 0.29) is 17.1 Å². The molecule has 3 heteroatoms. The summed E-state index contributed by atoms with van der Waals surface area (Å²) in [6.45, 7) is 0. The quantitative estimate of drug-likeness (QED) is 0.539. The van der Waals surface area contributed by atoms with Gasteiger partial charge >= 0.3 is 0 Å². The monoisotopic (exact) mass is 244 g/mol. The third-order valence-corrected chi connectivity index (χ3v) is 3.30. The van der Waals surface area contributed by atoms with Crippen LogP contribution in [0.4, 0.5) is 0 Å². The summed E-state index contributed by atoms with van der Waals surface area (Å²) in [5.41, 5.74) is 0.908. The second kappa shape index (κ2) is 1.15. The molecule has 2 aliphatic rings. The summed E-state index contributed by atoms with van der Waals surface area (Å²) in [4.78, 5) is 21.7. The Kier molecular flexibility index (Phi) is 0.604. The average Bonchev–Trinajstić information content (AvgIpc) is 2.62. The smallest absolute Gasteiger partial charge is 0.195 e. The normalized spacial score (nSPS) is 27.7. The molecule has 0 spiro atoms. The molecule has 0 N–H and O–H groups in total. The van der Waals surface area contributed by atoms with Crippen LogP contribution in [0.3, 0.4) is 0 Å². The second-order valence-electron chi connectivity index (χ2n) is 2.64. The van der Waals surface area contributed by atoms with Crippen molar-refractivity contribution in [2.75, 3.05) is 0 Å². The molecule has 1 saturated carbocycles. The molecule has 1 fully saturated rings. The summed E-state index contributed by atoms with van der Waals surface area (Å²) in [6.07, 6.45) is 0. The van der Waals surface area contributed by atoms with E-state index in [2.05, 4.69) is 22.6 Å². The molecule has 48 valence electrons. The maximum atomic E-state index is 10.8. The molecular formula is C7HIO2. The van der Waals surface area contributed by atoms with Crippen molar-refractivity contribution in [2.24, 2.45) is 5.92 Å². The van der Waals surface area contributed by atoms with Crippen molar-refractivity contribution in [1.82, 2.24) is 0 Å². The molecule has 1 atom stereocenters. The van der Waals surface area contributed by atoms with E-state index in [0.29, 0.717) is 0 Å². The number of Topliss-reactive ketones (excluding diaryl/α,β-unsaturated/α-hetero) is 1. The number of carbonyl (C=O) groups is 1. The van der Waals surface area contributed by atoms with E-state index in [1.165, 1.54) is 0 Å². The van der Waals surface area contributed by atoms with Crippen LogP contribution in [0.5, 0.6) is 0 Å². The summed E-state index contributed by atoms with van der Waals surface area (Å²) in [5, 5.41) is 1.60. The molecule has 0 radical (unpaired) electrons. The van der Waals surface area contributed by atoms with Crippen LogP contribution in [0.25, 0.3) is 9.15 Å². The Hall–Kier alpha value is -0.450. The molecule has 0 saturated heterocycles. The lowest BCUT2D eigenvalue weighted by atomic mass is 10.4. The van der Waals surface area contributed by atoms with E-state index in [9.17, 15) is 9.59 Å². The van der Waals surface area contributed by atoms with Crippen LogP contribution < -0.4 is 15.9 Å². The maximum absolute atomic E-state index is 10.8. The highest BCUT2D eigenvalue weighted by Crippen LogP contribution is 2.45. The molecule has 0 amide bonds. The van der Waals surface area contributed by atoms with E-state index in [1.54, 1.807) is 0 Å². The van der Waals surface area contributed by atoms with Crippen LogP contribution in [0.15, 0.2) is 4.79 Å². The molecule has 1 unspecified atom stereocenters. The molecule has 1 aromatic carbocycles. The van der Waals surface area contributed by atoms with Crippen LogP contribution in [0.2, 0.25) is 0 Å². The third kappa shape index (κ3) is 0.325. The van der Waals surface area contributed by atoms with Gasteiger partial charge in [-0.2, -0.15) is 0 Å². The van der Waals surface area contributed by atoms with Gasteiger partial charge in [0, 0.05) is 19.6 Å². The van der Waals surface area contributed by atoms with Gasteiger partial charge in [0.1, 0.15) is 0 Å². The first-order valence-corrected chi connectivity index (χ1v) is 4.04. The Balaban J connectivity index is 2.65. The number of hydrogen-bond acceptors (Lipinski definition) is 2. The van der Waals surface area contributed by atoms with Crippen molar-refractivity contribution in [3.8, 4) is 0 Å². The zero-order valence-electron chi connectivity index (χ0n) is 4.77. The van der Waals surface area contributed by atoms with Gasteiger partial charge in [-0.1, -0.05) is 0 Å². The number of hydrogen-bond donors (Lipinski definition) is 0. The van der Waals surface area contributed by atoms with Gasteiger partial charge in [-0.15, -0.1) is 0 Å². The van der Waals surface area contributed by atoms with Gasteiger partial charge in [0.25, 0.3) is 0 Å². The maximum Gasteiger partial charge on any atom is 0.195 e. The van der Waals surface area contributed by atoms with Crippen molar-refractivity contribution < 1.29 is 4.79 Å².